The minimum atomic E-state index is -3.08. The Bertz CT molecular complexity index is 140. The Labute approximate surface area is 63.9 Å². The maximum Gasteiger partial charge on any atom is 0.276 e. The lowest BCUT2D eigenvalue weighted by Gasteiger charge is -2.29. The molecule has 4 N–H and O–H groups in total. The summed E-state index contributed by atoms with van der Waals surface area (Å²) in [7, 11) is 0. The van der Waals surface area contributed by atoms with Crippen LogP contribution in [0.1, 0.15) is 19.8 Å². The van der Waals surface area contributed by atoms with Gasteiger partial charge in [-0.3, -0.25) is 4.79 Å². The highest BCUT2D eigenvalue weighted by molar-refractivity contribution is 5.60. The van der Waals surface area contributed by atoms with Crippen molar-refractivity contribution < 1.29 is 25.2 Å². The van der Waals surface area contributed by atoms with E-state index in [2.05, 4.69) is 0 Å². The third-order valence-electron chi connectivity index (χ3n) is 1.35. The van der Waals surface area contributed by atoms with Gasteiger partial charge in [0.25, 0.3) is 5.79 Å². The zero-order chi connectivity index (χ0) is 9.12. The van der Waals surface area contributed by atoms with Crippen molar-refractivity contribution in [2.75, 3.05) is 0 Å². The molecule has 0 radical (unpaired) electrons. The van der Waals surface area contributed by atoms with E-state index >= 15 is 0 Å². The normalized spacial score (nSPS) is 13.2. The van der Waals surface area contributed by atoms with Crippen molar-refractivity contribution >= 4 is 6.29 Å². The smallest absolute Gasteiger partial charge is 0.276 e. The van der Waals surface area contributed by atoms with Gasteiger partial charge in [0.1, 0.15) is 0 Å². The third kappa shape index (κ3) is 2.23. The molecule has 0 unspecified atom stereocenters. The molecule has 66 valence electrons. The van der Waals surface area contributed by atoms with E-state index in [1.54, 1.807) is 6.92 Å². The second kappa shape index (κ2) is 3.27. The number of aldehydes is 1. The Kier molecular flexibility index (Phi) is 3.13. The highest BCUT2D eigenvalue weighted by atomic mass is 16.6. The van der Waals surface area contributed by atoms with E-state index in [-0.39, 0.29) is 12.7 Å². The monoisotopic (exact) mass is 164 g/mol. The van der Waals surface area contributed by atoms with E-state index in [9.17, 15) is 4.79 Å². The van der Waals surface area contributed by atoms with Gasteiger partial charge in [0.05, 0.1) is 0 Å². The number of carbonyl (C=O) groups is 1. The lowest BCUT2D eigenvalue weighted by Crippen LogP contribution is -2.55. The number of hydrogen-bond donors (Lipinski definition) is 4. The molecule has 0 amide bonds. The summed E-state index contributed by atoms with van der Waals surface area (Å²) < 4.78 is 0. The molecule has 11 heavy (non-hydrogen) atoms. The fourth-order valence-electron chi connectivity index (χ4n) is 0.627. The molecule has 0 aliphatic heterocycles. The predicted molar refractivity (Wildman–Crippen MR) is 35.3 cm³/mol. The van der Waals surface area contributed by atoms with Gasteiger partial charge in [0, 0.05) is 6.42 Å². The fraction of sp³-hybridized carbons (Fsp3) is 0.833. The van der Waals surface area contributed by atoms with Gasteiger partial charge < -0.3 is 20.4 Å². The van der Waals surface area contributed by atoms with Crippen LogP contribution in [0.4, 0.5) is 0 Å². The second-order valence-corrected chi connectivity index (χ2v) is 2.41. The molecular weight excluding hydrogens is 152 g/mol. The summed E-state index contributed by atoms with van der Waals surface area (Å²) in [5.74, 6) is -5.84. The molecule has 5 nitrogen and oxygen atoms in total. The van der Waals surface area contributed by atoms with Crippen LogP contribution in [0.3, 0.4) is 0 Å². The highest BCUT2D eigenvalue weighted by Gasteiger charge is 2.46. The van der Waals surface area contributed by atoms with E-state index in [0.29, 0.717) is 6.42 Å². The van der Waals surface area contributed by atoms with Gasteiger partial charge in [-0.05, 0) is 0 Å². The average Bonchev–Trinajstić information content (AvgIpc) is 1.87. The predicted octanol–water partition coefficient (Wildman–Crippen LogP) is -1.65. The Hall–Kier alpha value is -0.490. The molecule has 0 fully saturated rings. The molecule has 0 aromatic heterocycles. The minimum absolute atomic E-state index is 0.279. The summed E-state index contributed by atoms with van der Waals surface area (Å²) in [4.78, 5) is 9.93. The van der Waals surface area contributed by atoms with Gasteiger partial charge in [-0.15, -0.1) is 0 Å². The van der Waals surface area contributed by atoms with Crippen LogP contribution in [0.25, 0.3) is 0 Å². The van der Waals surface area contributed by atoms with E-state index in [0.717, 1.165) is 0 Å². The van der Waals surface area contributed by atoms with Gasteiger partial charge in [0.2, 0.25) is 5.79 Å². The van der Waals surface area contributed by atoms with E-state index in [4.69, 9.17) is 20.4 Å². The Morgan fingerprint density at radius 2 is 1.73 bits per heavy atom. The first-order valence-electron chi connectivity index (χ1n) is 3.23. The first kappa shape index (κ1) is 10.5. The van der Waals surface area contributed by atoms with Gasteiger partial charge >= 0.3 is 0 Å². The van der Waals surface area contributed by atoms with Crippen LogP contribution < -0.4 is 0 Å². The summed E-state index contributed by atoms with van der Waals surface area (Å²) in [5.41, 5.74) is 0. The van der Waals surface area contributed by atoms with Crippen molar-refractivity contribution in [3.63, 3.8) is 0 Å². The highest BCUT2D eigenvalue weighted by Crippen LogP contribution is 2.19. The zero-order valence-corrected chi connectivity index (χ0v) is 6.19. The Morgan fingerprint density at radius 1 is 1.27 bits per heavy atom. The average molecular weight is 164 g/mol. The topological polar surface area (TPSA) is 98.0 Å². The van der Waals surface area contributed by atoms with E-state index < -0.39 is 11.6 Å². The van der Waals surface area contributed by atoms with Crippen molar-refractivity contribution in [1.82, 2.24) is 0 Å². The van der Waals surface area contributed by atoms with Crippen LogP contribution in [0, 0.1) is 0 Å². The summed E-state index contributed by atoms with van der Waals surface area (Å²) >= 11 is 0. The lowest BCUT2D eigenvalue weighted by atomic mass is 10.0. The van der Waals surface area contributed by atoms with Crippen LogP contribution in [-0.4, -0.2) is 38.3 Å². The molecule has 0 rings (SSSR count). The molecule has 0 aliphatic carbocycles. The first-order chi connectivity index (χ1) is 4.87. The zero-order valence-electron chi connectivity index (χ0n) is 6.19. The quantitative estimate of drug-likeness (QED) is 0.295. The maximum absolute atomic E-state index is 9.93. The van der Waals surface area contributed by atoms with Gasteiger partial charge in [-0.2, -0.15) is 0 Å². The van der Waals surface area contributed by atoms with Gasteiger partial charge in [-0.1, -0.05) is 13.3 Å². The molecular formula is C6H12O5. The van der Waals surface area contributed by atoms with Crippen molar-refractivity contribution in [2.24, 2.45) is 0 Å². The SMILES string of the molecule is CCCC(O)(O)C(O)(O)C=O. The van der Waals surface area contributed by atoms with Gasteiger partial charge in [-0.25, -0.2) is 0 Å². The Balaban J connectivity index is 4.38. The molecule has 0 heterocycles. The first-order valence-corrected chi connectivity index (χ1v) is 3.23. The van der Waals surface area contributed by atoms with Crippen LogP contribution in [0.15, 0.2) is 0 Å². The van der Waals surface area contributed by atoms with Crippen molar-refractivity contribution in [3.05, 3.63) is 0 Å². The van der Waals surface area contributed by atoms with Crippen LogP contribution in [-0.2, 0) is 4.79 Å². The van der Waals surface area contributed by atoms with Gasteiger partial charge in [0.15, 0.2) is 6.29 Å². The number of hydrogen-bond acceptors (Lipinski definition) is 5. The largest absolute Gasteiger partial charge is 0.361 e. The van der Waals surface area contributed by atoms with E-state index in [1.165, 1.54) is 0 Å². The summed E-state index contributed by atoms with van der Waals surface area (Å²) in [5, 5.41) is 35.1. The third-order valence-corrected chi connectivity index (χ3v) is 1.35. The molecule has 5 heteroatoms. The molecule has 0 spiro atoms. The Morgan fingerprint density at radius 3 is 2.00 bits per heavy atom. The minimum Gasteiger partial charge on any atom is -0.361 e. The maximum atomic E-state index is 9.93. The summed E-state index contributed by atoms with van der Waals surface area (Å²) in [6.45, 7) is 1.61. The molecule has 0 aromatic carbocycles. The van der Waals surface area contributed by atoms with Crippen LogP contribution in [0.5, 0.6) is 0 Å². The number of aliphatic hydroxyl groups is 4. The molecule has 0 bridgehead atoms. The molecule has 0 aromatic rings. The van der Waals surface area contributed by atoms with E-state index in [1.807, 2.05) is 0 Å². The molecule has 0 saturated carbocycles. The number of carbonyl (C=O) groups excluding carboxylic acids is 1. The molecule has 0 saturated heterocycles. The van der Waals surface area contributed by atoms with Crippen molar-refractivity contribution in [2.45, 2.75) is 31.3 Å². The molecule has 0 atom stereocenters. The second-order valence-electron chi connectivity index (χ2n) is 2.41. The summed E-state index contributed by atoms with van der Waals surface area (Å²) in [6, 6.07) is 0. The van der Waals surface area contributed by atoms with Crippen molar-refractivity contribution in [1.29, 1.82) is 0 Å². The number of rotatable bonds is 4. The molecule has 0 aliphatic rings. The standard InChI is InChI=1S/C6H12O5/c1-2-3-5(8,9)6(10,11)4-7/h4,8-11H,2-3H2,1H3. The van der Waals surface area contributed by atoms with Crippen LogP contribution >= 0.6 is 0 Å². The lowest BCUT2D eigenvalue weighted by molar-refractivity contribution is -0.333. The fourth-order valence-corrected chi connectivity index (χ4v) is 0.627. The summed E-state index contributed by atoms with van der Waals surface area (Å²) in [6.07, 6.45) is -0.273. The van der Waals surface area contributed by atoms with Crippen LogP contribution in [0.2, 0.25) is 0 Å². The van der Waals surface area contributed by atoms with Crippen molar-refractivity contribution in [3.8, 4) is 0 Å².